The van der Waals surface area contributed by atoms with Gasteiger partial charge in [0, 0.05) is 24.4 Å². The maximum Gasteiger partial charge on any atom is 0.118 e. The zero-order valence-electron chi connectivity index (χ0n) is 11.6. The Hall–Kier alpha value is -1.87. The third kappa shape index (κ3) is 3.12. The molecule has 19 heavy (non-hydrogen) atoms. The number of methoxy groups -OCH3 is 1. The molecule has 2 rings (SSSR count). The summed E-state index contributed by atoms with van der Waals surface area (Å²) in [6, 6.07) is 9.67. The van der Waals surface area contributed by atoms with Crippen LogP contribution in [0, 0.1) is 6.92 Å². The molecule has 1 aromatic carbocycles. The van der Waals surface area contributed by atoms with E-state index in [4.69, 9.17) is 4.74 Å². The summed E-state index contributed by atoms with van der Waals surface area (Å²) in [5.41, 5.74) is 2.06. The molecule has 0 amide bonds. The highest BCUT2D eigenvalue weighted by atomic mass is 16.5. The van der Waals surface area contributed by atoms with E-state index >= 15 is 0 Å². The second kappa shape index (κ2) is 5.41. The highest BCUT2D eigenvalue weighted by Gasteiger charge is 2.25. The van der Waals surface area contributed by atoms with Crippen molar-refractivity contribution in [2.45, 2.75) is 25.9 Å². The number of hydrogen-bond acceptors (Lipinski definition) is 3. The Morgan fingerprint density at radius 3 is 2.47 bits per heavy atom. The van der Waals surface area contributed by atoms with Crippen LogP contribution in [-0.2, 0) is 12.0 Å². The molecule has 2 aromatic rings. The Labute approximate surface area is 113 Å². The summed E-state index contributed by atoms with van der Waals surface area (Å²) >= 11 is 0. The van der Waals surface area contributed by atoms with Gasteiger partial charge >= 0.3 is 0 Å². The Balaban J connectivity index is 2.23. The lowest BCUT2D eigenvalue weighted by molar-refractivity contribution is 0.0566. The topological polar surface area (TPSA) is 42.4 Å². The van der Waals surface area contributed by atoms with Gasteiger partial charge in [-0.15, -0.1) is 0 Å². The van der Waals surface area contributed by atoms with Crippen LogP contribution in [0.3, 0.4) is 0 Å². The Bertz CT molecular complexity index is 547. The summed E-state index contributed by atoms with van der Waals surface area (Å²) in [5.74, 6) is 0.820. The normalized spacial score (nSPS) is 13.9. The standard InChI is InChI=1S/C16H19NO2/c1-12-8-9-17-11-15(12)16(2,18)10-13-4-6-14(19-3)7-5-13/h4-9,11,18H,10H2,1-3H3. The average Bonchev–Trinajstić information content (AvgIpc) is 2.39. The quantitative estimate of drug-likeness (QED) is 0.915. The van der Waals surface area contributed by atoms with E-state index < -0.39 is 5.60 Å². The monoisotopic (exact) mass is 257 g/mol. The van der Waals surface area contributed by atoms with Crippen molar-refractivity contribution in [2.24, 2.45) is 0 Å². The van der Waals surface area contributed by atoms with Crippen LogP contribution in [0.15, 0.2) is 42.7 Å². The lowest BCUT2D eigenvalue weighted by atomic mass is 9.87. The third-order valence-corrected chi connectivity index (χ3v) is 3.33. The van der Waals surface area contributed by atoms with Gasteiger partial charge in [0.15, 0.2) is 0 Å². The molecule has 0 aliphatic carbocycles. The molecule has 1 aromatic heterocycles. The summed E-state index contributed by atoms with van der Waals surface area (Å²) in [6.07, 6.45) is 4.02. The van der Waals surface area contributed by atoms with Crippen molar-refractivity contribution in [2.75, 3.05) is 7.11 Å². The zero-order valence-corrected chi connectivity index (χ0v) is 11.6. The minimum atomic E-state index is -0.924. The number of ether oxygens (including phenoxy) is 1. The zero-order chi connectivity index (χ0) is 13.9. The van der Waals surface area contributed by atoms with Gasteiger partial charge in [0.2, 0.25) is 0 Å². The van der Waals surface area contributed by atoms with Crippen LogP contribution in [0.4, 0.5) is 0 Å². The van der Waals surface area contributed by atoms with Gasteiger partial charge in [-0.3, -0.25) is 4.98 Å². The molecule has 3 nitrogen and oxygen atoms in total. The molecule has 1 N–H and O–H groups in total. The van der Waals surface area contributed by atoms with Gasteiger partial charge < -0.3 is 9.84 Å². The van der Waals surface area contributed by atoms with E-state index in [-0.39, 0.29) is 0 Å². The summed E-state index contributed by atoms with van der Waals surface area (Å²) in [7, 11) is 1.64. The molecule has 1 heterocycles. The first-order valence-corrected chi connectivity index (χ1v) is 6.29. The van der Waals surface area contributed by atoms with Gasteiger partial charge in [-0.1, -0.05) is 12.1 Å². The molecule has 1 atom stereocenters. The van der Waals surface area contributed by atoms with Crippen molar-refractivity contribution in [3.05, 3.63) is 59.4 Å². The Morgan fingerprint density at radius 1 is 1.21 bits per heavy atom. The molecule has 0 aliphatic heterocycles. The van der Waals surface area contributed by atoms with Crippen LogP contribution in [0.2, 0.25) is 0 Å². The maximum atomic E-state index is 10.7. The first-order valence-electron chi connectivity index (χ1n) is 6.29. The van der Waals surface area contributed by atoms with Gasteiger partial charge in [-0.05, 0) is 43.2 Å². The van der Waals surface area contributed by atoms with Crippen molar-refractivity contribution in [3.63, 3.8) is 0 Å². The molecule has 0 radical (unpaired) electrons. The van der Waals surface area contributed by atoms with E-state index in [1.165, 1.54) is 0 Å². The number of nitrogens with zero attached hydrogens (tertiary/aromatic N) is 1. The number of hydrogen-bond donors (Lipinski definition) is 1. The highest BCUT2D eigenvalue weighted by Crippen LogP contribution is 2.27. The van der Waals surface area contributed by atoms with Gasteiger partial charge in [-0.2, -0.15) is 0 Å². The molecule has 0 fully saturated rings. The molecule has 0 aliphatic rings. The summed E-state index contributed by atoms with van der Waals surface area (Å²) in [6.45, 7) is 3.81. The average molecular weight is 257 g/mol. The van der Waals surface area contributed by atoms with Crippen molar-refractivity contribution in [1.29, 1.82) is 0 Å². The first kappa shape index (κ1) is 13.6. The van der Waals surface area contributed by atoms with E-state index in [1.807, 2.05) is 44.2 Å². The fourth-order valence-electron chi connectivity index (χ4n) is 2.26. The Kier molecular flexibility index (Phi) is 3.86. The van der Waals surface area contributed by atoms with E-state index in [0.29, 0.717) is 6.42 Å². The largest absolute Gasteiger partial charge is 0.497 e. The van der Waals surface area contributed by atoms with E-state index in [1.54, 1.807) is 19.5 Å². The molecule has 0 saturated carbocycles. The fourth-order valence-corrected chi connectivity index (χ4v) is 2.26. The molecular weight excluding hydrogens is 238 g/mol. The number of aliphatic hydroxyl groups is 1. The minimum absolute atomic E-state index is 0.545. The summed E-state index contributed by atoms with van der Waals surface area (Å²) < 4.78 is 5.13. The fraction of sp³-hybridized carbons (Fsp3) is 0.312. The van der Waals surface area contributed by atoms with Gasteiger partial charge in [0.1, 0.15) is 5.75 Å². The van der Waals surface area contributed by atoms with Crippen molar-refractivity contribution < 1.29 is 9.84 Å². The summed E-state index contributed by atoms with van der Waals surface area (Å²) in [5, 5.41) is 10.7. The van der Waals surface area contributed by atoms with Crippen molar-refractivity contribution >= 4 is 0 Å². The predicted octanol–water partition coefficient (Wildman–Crippen LogP) is 2.85. The number of rotatable bonds is 4. The SMILES string of the molecule is COc1ccc(CC(C)(O)c2cnccc2C)cc1. The Morgan fingerprint density at radius 2 is 1.89 bits per heavy atom. The maximum absolute atomic E-state index is 10.7. The van der Waals surface area contributed by atoms with Crippen LogP contribution in [-0.4, -0.2) is 17.2 Å². The van der Waals surface area contributed by atoms with Crippen LogP contribution in [0.5, 0.6) is 5.75 Å². The van der Waals surface area contributed by atoms with E-state index in [2.05, 4.69) is 4.98 Å². The number of benzene rings is 1. The minimum Gasteiger partial charge on any atom is -0.497 e. The van der Waals surface area contributed by atoms with Gasteiger partial charge in [0.05, 0.1) is 12.7 Å². The molecule has 3 heteroatoms. The lowest BCUT2D eigenvalue weighted by Gasteiger charge is -2.25. The molecule has 0 saturated heterocycles. The van der Waals surface area contributed by atoms with Crippen molar-refractivity contribution in [3.8, 4) is 5.75 Å². The molecular formula is C16H19NO2. The predicted molar refractivity (Wildman–Crippen MR) is 75.2 cm³/mol. The summed E-state index contributed by atoms with van der Waals surface area (Å²) in [4.78, 5) is 4.10. The van der Waals surface area contributed by atoms with Crippen LogP contribution >= 0.6 is 0 Å². The van der Waals surface area contributed by atoms with Gasteiger partial charge in [-0.25, -0.2) is 0 Å². The van der Waals surface area contributed by atoms with E-state index in [0.717, 1.165) is 22.4 Å². The molecule has 0 spiro atoms. The lowest BCUT2D eigenvalue weighted by Crippen LogP contribution is -2.25. The number of aromatic nitrogens is 1. The molecule has 1 unspecified atom stereocenters. The number of pyridine rings is 1. The first-order chi connectivity index (χ1) is 9.03. The van der Waals surface area contributed by atoms with Crippen LogP contribution < -0.4 is 4.74 Å². The smallest absolute Gasteiger partial charge is 0.118 e. The second-order valence-corrected chi connectivity index (χ2v) is 4.99. The second-order valence-electron chi connectivity index (χ2n) is 4.99. The molecule has 0 bridgehead atoms. The van der Waals surface area contributed by atoms with Gasteiger partial charge in [0.25, 0.3) is 0 Å². The molecule has 100 valence electrons. The van der Waals surface area contributed by atoms with E-state index in [9.17, 15) is 5.11 Å². The highest BCUT2D eigenvalue weighted by molar-refractivity contribution is 5.32. The number of aryl methyl sites for hydroxylation is 1. The third-order valence-electron chi connectivity index (χ3n) is 3.33. The van der Waals surface area contributed by atoms with Crippen LogP contribution in [0.1, 0.15) is 23.6 Å². The van der Waals surface area contributed by atoms with Crippen molar-refractivity contribution in [1.82, 2.24) is 4.98 Å². The van der Waals surface area contributed by atoms with Crippen LogP contribution in [0.25, 0.3) is 0 Å².